The molecule has 2 rings (SSSR count). The Morgan fingerprint density at radius 3 is 2.62 bits per heavy atom. The normalized spacial score (nSPS) is 12.6. The maximum absolute atomic E-state index is 5.88. The summed E-state index contributed by atoms with van der Waals surface area (Å²) in [5, 5.41) is 0. The van der Waals surface area contributed by atoms with E-state index in [-0.39, 0.29) is 6.04 Å². The first kappa shape index (κ1) is 10.9. The molecule has 1 atom stereocenters. The third-order valence-electron chi connectivity index (χ3n) is 2.32. The zero-order valence-corrected chi connectivity index (χ0v) is 9.00. The van der Waals surface area contributed by atoms with Crippen LogP contribution >= 0.6 is 0 Å². The lowest BCUT2D eigenvalue weighted by atomic mass is 10.2. The van der Waals surface area contributed by atoms with Crippen molar-refractivity contribution in [3.63, 3.8) is 0 Å². The van der Waals surface area contributed by atoms with Crippen molar-refractivity contribution in [1.29, 1.82) is 0 Å². The van der Waals surface area contributed by atoms with Crippen molar-refractivity contribution in [2.45, 2.75) is 12.6 Å². The van der Waals surface area contributed by atoms with Gasteiger partial charge in [-0.05, 0) is 17.7 Å². The summed E-state index contributed by atoms with van der Waals surface area (Å²) in [6.07, 6.45) is 1.62. The van der Waals surface area contributed by atoms with Crippen LogP contribution in [-0.4, -0.2) is 6.61 Å². The molecule has 0 saturated carbocycles. The van der Waals surface area contributed by atoms with E-state index in [0.717, 1.165) is 11.3 Å². The molecule has 16 heavy (non-hydrogen) atoms. The van der Waals surface area contributed by atoms with E-state index in [1.165, 1.54) is 0 Å². The van der Waals surface area contributed by atoms with Gasteiger partial charge in [-0.25, -0.2) is 0 Å². The monoisotopic (exact) mass is 217 g/mol. The molecular weight excluding hydrogens is 202 g/mol. The first-order chi connectivity index (χ1) is 7.86. The van der Waals surface area contributed by atoms with Crippen LogP contribution in [0.5, 0.6) is 0 Å². The lowest BCUT2D eigenvalue weighted by Gasteiger charge is -2.09. The van der Waals surface area contributed by atoms with E-state index in [2.05, 4.69) is 0 Å². The summed E-state index contributed by atoms with van der Waals surface area (Å²) in [5.74, 6) is 0.757. The van der Waals surface area contributed by atoms with Crippen LogP contribution in [0.15, 0.2) is 53.1 Å². The number of benzene rings is 1. The quantitative estimate of drug-likeness (QED) is 0.837. The smallest absolute Gasteiger partial charge is 0.122 e. The molecule has 3 nitrogen and oxygen atoms in total. The topological polar surface area (TPSA) is 48.4 Å². The summed E-state index contributed by atoms with van der Waals surface area (Å²) in [7, 11) is 0. The van der Waals surface area contributed by atoms with E-state index in [4.69, 9.17) is 14.9 Å². The molecule has 0 amide bonds. The molecule has 1 heterocycles. The fourth-order valence-electron chi connectivity index (χ4n) is 1.46. The number of hydrogen-bond donors (Lipinski definition) is 1. The van der Waals surface area contributed by atoms with E-state index in [0.29, 0.717) is 13.2 Å². The third kappa shape index (κ3) is 2.95. The minimum Gasteiger partial charge on any atom is -0.468 e. The zero-order valence-electron chi connectivity index (χ0n) is 9.00. The Bertz CT molecular complexity index is 397. The first-order valence-electron chi connectivity index (χ1n) is 5.27. The van der Waals surface area contributed by atoms with Gasteiger partial charge in [0, 0.05) is 0 Å². The van der Waals surface area contributed by atoms with Crippen molar-refractivity contribution in [1.82, 2.24) is 0 Å². The van der Waals surface area contributed by atoms with E-state index >= 15 is 0 Å². The number of nitrogens with two attached hydrogens (primary N) is 1. The van der Waals surface area contributed by atoms with Crippen LogP contribution in [0.4, 0.5) is 0 Å². The Kier molecular flexibility index (Phi) is 3.75. The molecule has 84 valence electrons. The molecule has 0 bridgehead atoms. The van der Waals surface area contributed by atoms with Crippen molar-refractivity contribution in [2.75, 3.05) is 6.61 Å². The van der Waals surface area contributed by atoms with Crippen LogP contribution in [0.25, 0.3) is 0 Å². The van der Waals surface area contributed by atoms with Gasteiger partial charge in [0.1, 0.15) is 5.76 Å². The van der Waals surface area contributed by atoms with E-state index in [1.807, 2.05) is 42.5 Å². The van der Waals surface area contributed by atoms with Crippen LogP contribution in [0.1, 0.15) is 17.4 Å². The Balaban J connectivity index is 1.76. The molecule has 0 spiro atoms. The highest BCUT2D eigenvalue weighted by atomic mass is 16.5. The van der Waals surface area contributed by atoms with Crippen molar-refractivity contribution in [2.24, 2.45) is 5.73 Å². The Hall–Kier alpha value is -1.58. The highest BCUT2D eigenvalue weighted by Gasteiger charge is 2.08. The Morgan fingerprint density at radius 1 is 1.12 bits per heavy atom. The largest absolute Gasteiger partial charge is 0.468 e. The fourth-order valence-corrected chi connectivity index (χ4v) is 1.46. The number of ether oxygens (including phenoxy) is 1. The molecule has 0 fully saturated rings. The summed E-state index contributed by atoms with van der Waals surface area (Å²) >= 11 is 0. The maximum Gasteiger partial charge on any atom is 0.122 e. The van der Waals surface area contributed by atoms with Gasteiger partial charge in [0.2, 0.25) is 0 Å². The minimum absolute atomic E-state index is 0.196. The minimum atomic E-state index is -0.196. The van der Waals surface area contributed by atoms with E-state index in [1.54, 1.807) is 6.26 Å². The molecular formula is C13H15NO2. The Morgan fingerprint density at radius 2 is 1.94 bits per heavy atom. The summed E-state index contributed by atoms with van der Waals surface area (Å²) in [5.41, 5.74) is 7.03. The average Bonchev–Trinajstić information content (AvgIpc) is 2.84. The van der Waals surface area contributed by atoms with E-state index < -0.39 is 0 Å². The van der Waals surface area contributed by atoms with Gasteiger partial charge in [0.05, 0.1) is 25.5 Å². The predicted molar refractivity (Wildman–Crippen MR) is 61.7 cm³/mol. The molecule has 0 radical (unpaired) electrons. The maximum atomic E-state index is 5.88. The van der Waals surface area contributed by atoms with Gasteiger partial charge >= 0.3 is 0 Å². The lowest BCUT2D eigenvalue weighted by molar-refractivity contribution is 0.103. The van der Waals surface area contributed by atoms with E-state index in [9.17, 15) is 0 Å². The van der Waals surface area contributed by atoms with Crippen LogP contribution in [0, 0.1) is 0 Å². The van der Waals surface area contributed by atoms with Crippen LogP contribution < -0.4 is 5.73 Å². The summed E-state index contributed by atoms with van der Waals surface area (Å²) in [4.78, 5) is 0. The lowest BCUT2D eigenvalue weighted by Crippen LogP contribution is -2.16. The second kappa shape index (κ2) is 5.49. The van der Waals surface area contributed by atoms with Gasteiger partial charge in [-0.3, -0.25) is 0 Å². The standard InChI is InChI=1S/C13H15NO2/c14-12(13-7-4-8-16-13)10-15-9-11-5-2-1-3-6-11/h1-8,12H,9-10,14H2. The van der Waals surface area contributed by atoms with Crippen molar-refractivity contribution in [3.8, 4) is 0 Å². The molecule has 2 N–H and O–H groups in total. The molecule has 0 aliphatic heterocycles. The predicted octanol–water partition coefficient (Wildman–Crippen LogP) is 2.50. The highest BCUT2D eigenvalue weighted by molar-refractivity contribution is 5.13. The summed E-state index contributed by atoms with van der Waals surface area (Å²) in [6, 6.07) is 13.5. The molecule has 1 aromatic heterocycles. The molecule has 0 aliphatic rings. The summed E-state index contributed by atoms with van der Waals surface area (Å²) < 4.78 is 10.7. The fraction of sp³-hybridized carbons (Fsp3) is 0.231. The molecule has 0 aliphatic carbocycles. The molecule has 3 heteroatoms. The second-order valence-corrected chi connectivity index (χ2v) is 3.62. The van der Waals surface area contributed by atoms with Crippen LogP contribution in [0.2, 0.25) is 0 Å². The van der Waals surface area contributed by atoms with Crippen molar-refractivity contribution >= 4 is 0 Å². The highest BCUT2D eigenvalue weighted by Crippen LogP contribution is 2.11. The first-order valence-corrected chi connectivity index (χ1v) is 5.27. The molecule has 1 aromatic carbocycles. The molecule has 0 saturated heterocycles. The number of hydrogen-bond acceptors (Lipinski definition) is 3. The van der Waals surface area contributed by atoms with Gasteiger partial charge in [-0.2, -0.15) is 0 Å². The van der Waals surface area contributed by atoms with Gasteiger partial charge in [0.25, 0.3) is 0 Å². The zero-order chi connectivity index (χ0) is 11.2. The van der Waals surface area contributed by atoms with Crippen molar-refractivity contribution < 1.29 is 9.15 Å². The number of furan rings is 1. The second-order valence-electron chi connectivity index (χ2n) is 3.62. The van der Waals surface area contributed by atoms with Gasteiger partial charge in [-0.15, -0.1) is 0 Å². The molecule has 1 unspecified atom stereocenters. The van der Waals surface area contributed by atoms with Gasteiger partial charge in [-0.1, -0.05) is 30.3 Å². The Labute approximate surface area is 94.8 Å². The average molecular weight is 217 g/mol. The van der Waals surface area contributed by atoms with Gasteiger partial charge in [0.15, 0.2) is 0 Å². The van der Waals surface area contributed by atoms with Crippen LogP contribution in [0.3, 0.4) is 0 Å². The molecule has 2 aromatic rings. The third-order valence-corrected chi connectivity index (χ3v) is 2.32. The SMILES string of the molecule is NC(COCc1ccccc1)c1ccco1. The van der Waals surface area contributed by atoms with Crippen LogP contribution in [-0.2, 0) is 11.3 Å². The summed E-state index contributed by atoms with van der Waals surface area (Å²) in [6.45, 7) is 1.04. The number of rotatable bonds is 5. The van der Waals surface area contributed by atoms with Crippen molar-refractivity contribution in [3.05, 3.63) is 60.1 Å². The van der Waals surface area contributed by atoms with Gasteiger partial charge < -0.3 is 14.9 Å².